The summed E-state index contributed by atoms with van der Waals surface area (Å²) in [5.74, 6) is 0.847. The molecule has 1 aromatic rings. The standard InChI is InChI=1S/C19H27BrN4O2.HI/c1-21-19(23-16-11-14-7-8-17(16)26-14)22-10-9-18(25)24(2)12-13-5-3-4-6-15(13)20;/h3-6,14,16-17H,7-12H2,1-2H3,(H2,21,22,23);1H. The Morgan fingerprint density at radius 1 is 1.37 bits per heavy atom. The van der Waals surface area contributed by atoms with Gasteiger partial charge in [0.05, 0.1) is 18.2 Å². The fourth-order valence-electron chi connectivity index (χ4n) is 3.61. The fraction of sp³-hybridized carbons (Fsp3) is 0.579. The molecule has 1 aromatic carbocycles. The van der Waals surface area contributed by atoms with E-state index in [-0.39, 0.29) is 29.9 Å². The third kappa shape index (κ3) is 6.05. The molecule has 0 aromatic heterocycles. The first-order chi connectivity index (χ1) is 12.6. The zero-order chi connectivity index (χ0) is 18.5. The van der Waals surface area contributed by atoms with E-state index in [0.29, 0.717) is 37.8 Å². The minimum Gasteiger partial charge on any atom is -0.373 e. The van der Waals surface area contributed by atoms with Crippen LogP contribution in [0, 0.1) is 0 Å². The number of aliphatic imine (C=N–C) groups is 1. The number of fused-ring (bicyclic) bond motifs is 2. The van der Waals surface area contributed by atoms with Gasteiger partial charge in [0.2, 0.25) is 5.91 Å². The topological polar surface area (TPSA) is 66.0 Å². The van der Waals surface area contributed by atoms with E-state index in [1.165, 1.54) is 6.42 Å². The van der Waals surface area contributed by atoms with Gasteiger partial charge in [0, 0.05) is 38.1 Å². The molecular weight excluding hydrogens is 523 g/mol. The van der Waals surface area contributed by atoms with Gasteiger partial charge in [-0.1, -0.05) is 34.1 Å². The van der Waals surface area contributed by atoms with Crippen molar-refractivity contribution in [1.29, 1.82) is 0 Å². The molecule has 1 amide bonds. The summed E-state index contributed by atoms with van der Waals surface area (Å²) >= 11 is 3.53. The highest BCUT2D eigenvalue weighted by Crippen LogP contribution is 2.34. The van der Waals surface area contributed by atoms with Gasteiger partial charge in [-0.05, 0) is 30.9 Å². The Labute approximate surface area is 186 Å². The molecule has 2 fully saturated rings. The molecule has 2 aliphatic heterocycles. The van der Waals surface area contributed by atoms with Crippen molar-refractivity contribution in [2.45, 2.75) is 50.5 Å². The molecule has 2 N–H and O–H groups in total. The number of nitrogens with one attached hydrogen (secondary N) is 2. The number of guanidine groups is 1. The molecule has 0 saturated carbocycles. The number of ether oxygens (including phenoxy) is 1. The van der Waals surface area contributed by atoms with E-state index in [9.17, 15) is 4.79 Å². The number of hydrogen-bond acceptors (Lipinski definition) is 3. The van der Waals surface area contributed by atoms with Crippen molar-refractivity contribution >= 4 is 51.8 Å². The van der Waals surface area contributed by atoms with E-state index in [1.807, 2.05) is 31.3 Å². The average molecular weight is 551 g/mol. The van der Waals surface area contributed by atoms with Crippen molar-refractivity contribution in [3.8, 4) is 0 Å². The van der Waals surface area contributed by atoms with Gasteiger partial charge >= 0.3 is 0 Å². The van der Waals surface area contributed by atoms with Crippen molar-refractivity contribution in [1.82, 2.24) is 15.5 Å². The van der Waals surface area contributed by atoms with E-state index in [1.54, 1.807) is 11.9 Å². The summed E-state index contributed by atoms with van der Waals surface area (Å²) in [6.07, 6.45) is 4.47. The molecule has 150 valence electrons. The van der Waals surface area contributed by atoms with E-state index in [2.05, 4.69) is 31.6 Å². The van der Waals surface area contributed by atoms with Gasteiger partial charge < -0.3 is 20.3 Å². The molecule has 2 heterocycles. The maximum atomic E-state index is 12.4. The third-order valence-corrected chi connectivity index (χ3v) is 5.85. The second-order valence-electron chi connectivity index (χ2n) is 6.95. The quantitative estimate of drug-likeness (QED) is 0.325. The van der Waals surface area contributed by atoms with Crippen LogP contribution in [0.4, 0.5) is 0 Å². The van der Waals surface area contributed by atoms with Gasteiger partial charge in [-0.3, -0.25) is 9.79 Å². The number of rotatable bonds is 6. The molecular formula is C19H28BrIN4O2. The van der Waals surface area contributed by atoms with Gasteiger partial charge in [0.1, 0.15) is 0 Å². The molecule has 2 aliphatic rings. The van der Waals surface area contributed by atoms with Gasteiger partial charge in [-0.15, -0.1) is 24.0 Å². The third-order valence-electron chi connectivity index (χ3n) is 5.07. The highest BCUT2D eigenvalue weighted by atomic mass is 127. The molecule has 0 radical (unpaired) electrons. The molecule has 3 rings (SSSR count). The van der Waals surface area contributed by atoms with Crippen molar-refractivity contribution in [2.75, 3.05) is 20.6 Å². The van der Waals surface area contributed by atoms with Gasteiger partial charge in [-0.2, -0.15) is 0 Å². The van der Waals surface area contributed by atoms with Crippen LogP contribution in [0.1, 0.15) is 31.2 Å². The first kappa shape index (κ1) is 22.4. The lowest BCUT2D eigenvalue weighted by atomic mass is 9.96. The number of benzene rings is 1. The summed E-state index contributed by atoms with van der Waals surface area (Å²) in [5, 5.41) is 6.67. The van der Waals surface area contributed by atoms with Crippen molar-refractivity contribution in [3.63, 3.8) is 0 Å². The monoisotopic (exact) mass is 550 g/mol. The van der Waals surface area contributed by atoms with Crippen LogP contribution < -0.4 is 10.6 Å². The zero-order valence-electron chi connectivity index (χ0n) is 15.8. The van der Waals surface area contributed by atoms with Crippen LogP contribution in [0.3, 0.4) is 0 Å². The SMILES string of the molecule is CN=C(NCCC(=O)N(C)Cc1ccccc1Br)NC1CC2CCC1O2.I. The Kier molecular flexibility index (Phi) is 8.81. The van der Waals surface area contributed by atoms with Crippen LogP contribution in [-0.2, 0) is 16.1 Å². The minimum absolute atomic E-state index is 0. The van der Waals surface area contributed by atoms with E-state index in [0.717, 1.165) is 28.8 Å². The number of amides is 1. The number of carbonyl (C=O) groups excluding carboxylic acids is 1. The van der Waals surface area contributed by atoms with Gasteiger partial charge in [0.25, 0.3) is 0 Å². The predicted molar refractivity (Wildman–Crippen MR) is 121 cm³/mol. The van der Waals surface area contributed by atoms with Crippen molar-refractivity contribution in [2.24, 2.45) is 4.99 Å². The number of halogens is 2. The van der Waals surface area contributed by atoms with Crippen LogP contribution in [0.25, 0.3) is 0 Å². The maximum absolute atomic E-state index is 12.4. The normalized spacial score (nSPS) is 23.7. The van der Waals surface area contributed by atoms with Crippen LogP contribution in [0.5, 0.6) is 0 Å². The molecule has 3 atom stereocenters. The molecule has 27 heavy (non-hydrogen) atoms. The van der Waals surface area contributed by atoms with Crippen LogP contribution in [0.2, 0.25) is 0 Å². The second-order valence-corrected chi connectivity index (χ2v) is 7.80. The number of carbonyl (C=O) groups is 1. The molecule has 6 nitrogen and oxygen atoms in total. The highest BCUT2D eigenvalue weighted by molar-refractivity contribution is 14.0. The zero-order valence-corrected chi connectivity index (χ0v) is 19.7. The molecule has 2 bridgehead atoms. The molecule has 0 spiro atoms. The van der Waals surface area contributed by atoms with Crippen molar-refractivity contribution in [3.05, 3.63) is 34.3 Å². The summed E-state index contributed by atoms with van der Waals surface area (Å²) in [5.41, 5.74) is 1.10. The molecule has 8 heteroatoms. The fourth-order valence-corrected chi connectivity index (χ4v) is 4.02. The van der Waals surface area contributed by atoms with Crippen LogP contribution in [0.15, 0.2) is 33.7 Å². The van der Waals surface area contributed by atoms with E-state index < -0.39 is 0 Å². The van der Waals surface area contributed by atoms with Crippen LogP contribution >= 0.6 is 39.9 Å². The lowest BCUT2D eigenvalue weighted by Crippen LogP contribution is -2.48. The van der Waals surface area contributed by atoms with Crippen LogP contribution in [-0.4, -0.2) is 55.7 Å². The molecule has 2 saturated heterocycles. The van der Waals surface area contributed by atoms with Crippen molar-refractivity contribution < 1.29 is 9.53 Å². The Hall–Kier alpha value is -0.870. The summed E-state index contributed by atoms with van der Waals surface area (Å²) in [6.45, 7) is 1.15. The Bertz CT molecular complexity index is 673. The van der Waals surface area contributed by atoms with E-state index in [4.69, 9.17) is 4.74 Å². The Morgan fingerprint density at radius 3 is 2.78 bits per heavy atom. The Balaban J connectivity index is 0.00000261. The first-order valence-electron chi connectivity index (χ1n) is 9.17. The first-order valence-corrected chi connectivity index (χ1v) is 9.96. The maximum Gasteiger partial charge on any atom is 0.224 e. The largest absolute Gasteiger partial charge is 0.373 e. The summed E-state index contributed by atoms with van der Waals surface area (Å²) in [7, 11) is 3.59. The lowest BCUT2D eigenvalue weighted by Gasteiger charge is -2.23. The second kappa shape index (κ2) is 10.6. The predicted octanol–water partition coefficient (Wildman–Crippen LogP) is 2.90. The summed E-state index contributed by atoms with van der Waals surface area (Å²) in [4.78, 5) is 18.4. The molecule has 0 aliphatic carbocycles. The van der Waals surface area contributed by atoms with Gasteiger partial charge in [-0.25, -0.2) is 0 Å². The minimum atomic E-state index is 0. The number of nitrogens with zero attached hydrogens (tertiary/aromatic N) is 2. The molecule has 3 unspecified atom stereocenters. The lowest BCUT2D eigenvalue weighted by molar-refractivity contribution is -0.130. The van der Waals surface area contributed by atoms with Gasteiger partial charge in [0.15, 0.2) is 5.96 Å². The highest BCUT2D eigenvalue weighted by Gasteiger charge is 2.41. The Morgan fingerprint density at radius 2 is 2.15 bits per heavy atom. The summed E-state index contributed by atoms with van der Waals surface area (Å²) < 4.78 is 6.88. The average Bonchev–Trinajstić information content (AvgIpc) is 3.25. The smallest absolute Gasteiger partial charge is 0.224 e. The van der Waals surface area contributed by atoms with E-state index >= 15 is 0 Å². The summed E-state index contributed by atoms with van der Waals surface area (Å²) in [6, 6.07) is 8.29. The number of hydrogen-bond donors (Lipinski definition) is 2.